The maximum Gasteiger partial charge on any atom is 0.323 e. The molecule has 0 aliphatic heterocycles. The zero-order valence-corrected chi connectivity index (χ0v) is 9.40. The van der Waals surface area contributed by atoms with Crippen LogP contribution in [-0.2, 0) is 4.79 Å². The third-order valence-corrected chi connectivity index (χ3v) is 2.19. The van der Waals surface area contributed by atoms with E-state index in [1.807, 2.05) is 20.8 Å². The lowest BCUT2D eigenvalue weighted by atomic mass is 10.3. The van der Waals surface area contributed by atoms with Gasteiger partial charge in [-0.3, -0.25) is 9.78 Å². The van der Waals surface area contributed by atoms with Crippen molar-refractivity contribution in [2.45, 2.75) is 20.8 Å². The highest BCUT2D eigenvalue weighted by molar-refractivity contribution is 5.73. The van der Waals surface area contributed by atoms with Crippen molar-refractivity contribution in [2.24, 2.45) is 0 Å². The summed E-state index contributed by atoms with van der Waals surface area (Å²) in [6.45, 7) is 5.50. The Balaban J connectivity index is 3.03. The van der Waals surface area contributed by atoms with Crippen molar-refractivity contribution >= 4 is 11.8 Å². The summed E-state index contributed by atoms with van der Waals surface area (Å²) >= 11 is 0. The molecule has 82 valence electrons. The molecule has 0 saturated carbocycles. The standard InChI is InChI=1S/C10H15N3O2/c1-6-7(2)12-10(8(3)11-6)13(4)5-9(14)15/h5H2,1-4H3,(H,14,15). The number of hydrogen-bond donors (Lipinski definition) is 1. The highest BCUT2D eigenvalue weighted by atomic mass is 16.4. The second-order valence-corrected chi connectivity index (χ2v) is 3.55. The molecule has 1 aromatic rings. The second-order valence-electron chi connectivity index (χ2n) is 3.55. The number of carboxylic acid groups (broad SMARTS) is 1. The fourth-order valence-corrected chi connectivity index (χ4v) is 1.34. The van der Waals surface area contributed by atoms with Crippen LogP contribution in [0.3, 0.4) is 0 Å². The van der Waals surface area contributed by atoms with Crippen LogP contribution in [0.15, 0.2) is 0 Å². The number of rotatable bonds is 3. The lowest BCUT2D eigenvalue weighted by molar-refractivity contribution is -0.135. The number of carbonyl (C=O) groups is 1. The van der Waals surface area contributed by atoms with Crippen LogP contribution in [-0.4, -0.2) is 34.6 Å². The molecule has 1 N–H and O–H groups in total. The molecule has 5 heteroatoms. The van der Waals surface area contributed by atoms with E-state index < -0.39 is 5.97 Å². The SMILES string of the molecule is Cc1nc(C)c(N(C)CC(=O)O)nc1C. The van der Waals surface area contributed by atoms with Crippen molar-refractivity contribution in [1.29, 1.82) is 0 Å². The van der Waals surface area contributed by atoms with Crippen molar-refractivity contribution in [2.75, 3.05) is 18.5 Å². The minimum absolute atomic E-state index is 0.0714. The van der Waals surface area contributed by atoms with Gasteiger partial charge >= 0.3 is 5.97 Å². The average molecular weight is 209 g/mol. The van der Waals surface area contributed by atoms with Crippen LogP contribution in [0.2, 0.25) is 0 Å². The molecule has 0 amide bonds. The zero-order chi connectivity index (χ0) is 11.6. The molecule has 0 aliphatic carbocycles. The van der Waals surface area contributed by atoms with E-state index in [-0.39, 0.29) is 6.54 Å². The minimum Gasteiger partial charge on any atom is -0.480 e. The van der Waals surface area contributed by atoms with E-state index in [9.17, 15) is 4.79 Å². The van der Waals surface area contributed by atoms with Crippen LogP contribution in [0.5, 0.6) is 0 Å². The summed E-state index contributed by atoms with van der Waals surface area (Å²) in [5, 5.41) is 8.67. The molecule has 0 radical (unpaired) electrons. The normalized spacial score (nSPS) is 10.1. The molecule has 1 heterocycles. The number of hydrogen-bond acceptors (Lipinski definition) is 4. The molecule has 15 heavy (non-hydrogen) atoms. The van der Waals surface area contributed by atoms with E-state index >= 15 is 0 Å². The Kier molecular flexibility index (Phi) is 3.24. The first-order valence-electron chi connectivity index (χ1n) is 4.66. The van der Waals surface area contributed by atoms with Gasteiger partial charge in [0, 0.05) is 7.05 Å². The third kappa shape index (κ3) is 2.65. The van der Waals surface area contributed by atoms with Crippen LogP contribution >= 0.6 is 0 Å². The van der Waals surface area contributed by atoms with Crippen LogP contribution in [0.1, 0.15) is 17.1 Å². The van der Waals surface area contributed by atoms with Crippen LogP contribution in [0.25, 0.3) is 0 Å². The van der Waals surface area contributed by atoms with Crippen LogP contribution in [0, 0.1) is 20.8 Å². The first-order chi connectivity index (χ1) is 6.91. The molecule has 0 fully saturated rings. The van der Waals surface area contributed by atoms with Crippen molar-refractivity contribution in [3.63, 3.8) is 0 Å². The highest BCUT2D eigenvalue weighted by Gasteiger charge is 2.12. The van der Waals surface area contributed by atoms with Gasteiger partial charge in [0.15, 0.2) is 5.82 Å². The molecule has 1 aromatic heterocycles. The van der Waals surface area contributed by atoms with Gasteiger partial charge in [0.1, 0.15) is 6.54 Å². The van der Waals surface area contributed by atoms with Crippen molar-refractivity contribution in [3.05, 3.63) is 17.1 Å². The van der Waals surface area contributed by atoms with Gasteiger partial charge < -0.3 is 10.0 Å². The van der Waals surface area contributed by atoms with Gasteiger partial charge in [-0.2, -0.15) is 0 Å². The Morgan fingerprint density at radius 3 is 2.27 bits per heavy atom. The van der Waals surface area contributed by atoms with E-state index in [4.69, 9.17) is 5.11 Å². The predicted octanol–water partition coefficient (Wildman–Crippen LogP) is 0.923. The molecule has 0 atom stereocenters. The van der Waals surface area contributed by atoms with E-state index in [0.29, 0.717) is 5.82 Å². The Labute approximate surface area is 88.8 Å². The summed E-state index contributed by atoms with van der Waals surface area (Å²) in [4.78, 5) is 20.8. The van der Waals surface area contributed by atoms with Crippen LogP contribution in [0.4, 0.5) is 5.82 Å². The number of anilines is 1. The van der Waals surface area contributed by atoms with E-state index in [0.717, 1.165) is 17.1 Å². The quantitative estimate of drug-likeness (QED) is 0.802. The molecule has 1 rings (SSSR count). The first-order valence-corrected chi connectivity index (χ1v) is 4.66. The van der Waals surface area contributed by atoms with Crippen molar-refractivity contribution in [3.8, 4) is 0 Å². The van der Waals surface area contributed by atoms with Gasteiger partial charge in [0.2, 0.25) is 0 Å². The predicted molar refractivity (Wildman–Crippen MR) is 57.1 cm³/mol. The van der Waals surface area contributed by atoms with Gasteiger partial charge in [0.25, 0.3) is 0 Å². The van der Waals surface area contributed by atoms with Gasteiger partial charge in [0.05, 0.1) is 17.1 Å². The van der Waals surface area contributed by atoms with Gasteiger partial charge in [-0.15, -0.1) is 0 Å². The Morgan fingerprint density at radius 2 is 1.73 bits per heavy atom. The fraction of sp³-hybridized carbons (Fsp3) is 0.500. The van der Waals surface area contributed by atoms with Gasteiger partial charge in [-0.25, -0.2) is 4.98 Å². The number of carboxylic acids is 1. The van der Waals surface area contributed by atoms with Gasteiger partial charge in [-0.05, 0) is 20.8 Å². The molecular weight excluding hydrogens is 194 g/mol. The largest absolute Gasteiger partial charge is 0.480 e. The molecule has 0 aliphatic rings. The summed E-state index contributed by atoms with van der Waals surface area (Å²) < 4.78 is 0. The Hall–Kier alpha value is -1.65. The first kappa shape index (κ1) is 11.4. The van der Waals surface area contributed by atoms with E-state index in [1.165, 1.54) is 0 Å². The Morgan fingerprint density at radius 1 is 1.20 bits per heavy atom. The molecule has 5 nitrogen and oxygen atoms in total. The molecule has 0 spiro atoms. The molecule has 0 unspecified atom stereocenters. The number of aryl methyl sites for hydroxylation is 3. The van der Waals surface area contributed by atoms with Crippen LogP contribution < -0.4 is 4.90 Å². The highest BCUT2D eigenvalue weighted by Crippen LogP contribution is 2.15. The summed E-state index contributed by atoms with van der Waals surface area (Å²) in [6, 6.07) is 0. The molecular formula is C10H15N3O2. The summed E-state index contributed by atoms with van der Waals surface area (Å²) in [7, 11) is 1.69. The summed E-state index contributed by atoms with van der Waals surface area (Å²) in [5.74, 6) is -0.252. The molecule has 0 aromatic carbocycles. The third-order valence-electron chi connectivity index (χ3n) is 2.19. The Bertz CT molecular complexity index is 390. The van der Waals surface area contributed by atoms with E-state index in [2.05, 4.69) is 9.97 Å². The van der Waals surface area contributed by atoms with Gasteiger partial charge in [-0.1, -0.05) is 0 Å². The van der Waals surface area contributed by atoms with Crippen molar-refractivity contribution < 1.29 is 9.90 Å². The molecule has 0 saturated heterocycles. The maximum absolute atomic E-state index is 10.6. The summed E-state index contributed by atoms with van der Waals surface area (Å²) in [6.07, 6.45) is 0. The number of aliphatic carboxylic acids is 1. The minimum atomic E-state index is -0.878. The fourth-order valence-electron chi connectivity index (χ4n) is 1.34. The summed E-state index contributed by atoms with van der Waals surface area (Å²) in [5.41, 5.74) is 2.45. The topological polar surface area (TPSA) is 66.3 Å². The molecule has 0 bridgehead atoms. The zero-order valence-electron chi connectivity index (χ0n) is 9.40. The lowest BCUT2D eigenvalue weighted by Crippen LogP contribution is -2.27. The smallest absolute Gasteiger partial charge is 0.323 e. The van der Waals surface area contributed by atoms with Crippen molar-refractivity contribution in [1.82, 2.24) is 9.97 Å². The number of aromatic nitrogens is 2. The maximum atomic E-state index is 10.6. The number of likely N-dealkylation sites (N-methyl/N-ethyl adjacent to an activating group) is 1. The monoisotopic (exact) mass is 209 g/mol. The average Bonchev–Trinajstić information content (AvgIpc) is 2.09. The second kappa shape index (κ2) is 4.25. The lowest BCUT2D eigenvalue weighted by Gasteiger charge is -2.18. The number of nitrogens with zero attached hydrogens (tertiary/aromatic N) is 3. The van der Waals surface area contributed by atoms with E-state index in [1.54, 1.807) is 11.9 Å².